The van der Waals surface area contributed by atoms with Gasteiger partial charge in [0.25, 0.3) is 0 Å². The van der Waals surface area contributed by atoms with Gasteiger partial charge in [0.15, 0.2) is 0 Å². The van der Waals surface area contributed by atoms with Crippen LogP contribution in [0.15, 0.2) is 11.6 Å². The molecule has 110 valence electrons. The van der Waals surface area contributed by atoms with Crippen LogP contribution in [0.4, 0.5) is 0 Å². The number of phenols is 1. The summed E-state index contributed by atoms with van der Waals surface area (Å²) in [6.45, 7) is 19.5. The Kier molecular flexibility index (Phi) is 4.90. The van der Waals surface area contributed by atoms with Crippen LogP contribution in [0.5, 0.6) is 11.5 Å². The van der Waals surface area contributed by atoms with Crippen LogP contribution in [0.1, 0.15) is 49.9 Å². The molecule has 0 aromatic heterocycles. The quantitative estimate of drug-likeness (QED) is 0.866. The third-order valence-electron chi connectivity index (χ3n) is 3.37. The van der Waals surface area contributed by atoms with Crippen molar-refractivity contribution < 1.29 is 9.84 Å². The lowest BCUT2D eigenvalue weighted by molar-refractivity contribution is 0.128. The molecular weight excluding hydrogens is 248 g/mol. The van der Waals surface area contributed by atoms with Crippen LogP contribution in [0.3, 0.4) is 0 Å². The Morgan fingerprint density at radius 3 is 2.15 bits per heavy atom. The molecule has 1 rings (SSSR count). The molecule has 0 amide bonds. The van der Waals surface area contributed by atoms with E-state index in [0.717, 1.165) is 33.6 Å². The topological polar surface area (TPSA) is 29.5 Å². The molecule has 0 aliphatic rings. The lowest BCUT2D eigenvalue weighted by Crippen LogP contribution is -2.24. The van der Waals surface area contributed by atoms with Crippen molar-refractivity contribution in [3.05, 3.63) is 40.8 Å². The second-order valence-corrected chi connectivity index (χ2v) is 6.40. The van der Waals surface area contributed by atoms with Crippen LogP contribution in [-0.4, -0.2) is 10.7 Å². The van der Waals surface area contributed by atoms with E-state index in [1.54, 1.807) is 0 Å². The maximum absolute atomic E-state index is 10.4. The first-order valence-electron chi connectivity index (χ1n) is 6.97. The third-order valence-corrected chi connectivity index (χ3v) is 3.37. The monoisotopic (exact) mass is 274 g/mol. The van der Waals surface area contributed by atoms with Crippen molar-refractivity contribution in [3.63, 3.8) is 0 Å². The average Bonchev–Trinajstić information content (AvgIpc) is 2.30. The number of ether oxygens (including phenoxy) is 1. The van der Waals surface area contributed by atoms with Gasteiger partial charge in [0.2, 0.25) is 0 Å². The molecular formula is C18H26O2. The highest BCUT2D eigenvalue weighted by molar-refractivity contribution is 5.58. The highest BCUT2D eigenvalue weighted by Gasteiger charge is 2.21. The van der Waals surface area contributed by atoms with Gasteiger partial charge in [-0.25, -0.2) is 0 Å². The van der Waals surface area contributed by atoms with E-state index in [-0.39, 0.29) is 5.60 Å². The number of phenolic OH excluding ortho intramolecular Hbond substituents is 1. The summed E-state index contributed by atoms with van der Waals surface area (Å²) in [4.78, 5) is 0. The summed E-state index contributed by atoms with van der Waals surface area (Å²) in [5.74, 6) is 1.21. The highest BCUT2D eigenvalue weighted by atomic mass is 16.5. The lowest BCUT2D eigenvalue weighted by atomic mass is 9.94. The minimum absolute atomic E-state index is 0.268. The summed E-state index contributed by atoms with van der Waals surface area (Å²) in [5, 5.41) is 10.4. The van der Waals surface area contributed by atoms with E-state index in [9.17, 15) is 5.11 Å². The van der Waals surface area contributed by atoms with Gasteiger partial charge in [0.1, 0.15) is 17.1 Å². The number of rotatable bonds is 3. The van der Waals surface area contributed by atoms with E-state index < -0.39 is 0 Å². The first-order chi connectivity index (χ1) is 9.04. The van der Waals surface area contributed by atoms with Crippen LogP contribution in [0, 0.1) is 27.7 Å². The van der Waals surface area contributed by atoms with E-state index in [1.165, 1.54) is 0 Å². The summed E-state index contributed by atoms with van der Waals surface area (Å²) in [7, 11) is 0. The van der Waals surface area contributed by atoms with Gasteiger partial charge in [0.05, 0.1) is 0 Å². The number of allylic oxidation sites excluding steroid dienone is 2. The summed E-state index contributed by atoms with van der Waals surface area (Å²) in [5.41, 5.74) is 4.21. The number of aromatic hydroxyl groups is 1. The second-order valence-electron chi connectivity index (χ2n) is 6.40. The minimum atomic E-state index is -0.268. The zero-order valence-electron chi connectivity index (χ0n) is 13.7. The Morgan fingerprint density at radius 2 is 1.70 bits per heavy atom. The van der Waals surface area contributed by atoms with Gasteiger partial charge in [-0.1, -0.05) is 11.6 Å². The molecule has 20 heavy (non-hydrogen) atoms. The largest absolute Gasteiger partial charge is 0.507 e. The lowest BCUT2D eigenvalue weighted by Gasteiger charge is -2.26. The molecule has 0 unspecified atom stereocenters. The molecule has 1 N–H and O–H groups in total. The molecule has 0 bridgehead atoms. The first kappa shape index (κ1) is 16.6. The molecule has 2 heteroatoms. The zero-order valence-corrected chi connectivity index (χ0v) is 13.7. The van der Waals surface area contributed by atoms with E-state index >= 15 is 0 Å². The second kappa shape index (κ2) is 5.90. The van der Waals surface area contributed by atoms with Crippen LogP contribution >= 0.6 is 0 Å². The Morgan fingerprint density at radius 1 is 1.15 bits per heavy atom. The molecule has 1 aromatic carbocycles. The van der Waals surface area contributed by atoms with Crippen LogP contribution in [0.2, 0.25) is 0 Å². The Bertz CT molecular complexity index is 528. The van der Waals surface area contributed by atoms with Crippen molar-refractivity contribution in [2.75, 3.05) is 0 Å². The smallest absolute Gasteiger partial charge is 0.126 e. The number of benzene rings is 1. The van der Waals surface area contributed by atoms with E-state index in [0.29, 0.717) is 12.2 Å². The van der Waals surface area contributed by atoms with Crippen molar-refractivity contribution in [2.24, 2.45) is 0 Å². The van der Waals surface area contributed by atoms with Crippen molar-refractivity contribution in [2.45, 2.75) is 60.5 Å². The molecule has 2 nitrogen and oxygen atoms in total. The Labute approximate surface area is 123 Å². The molecule has 0 saturated heterocycles. The fourth-order valence-corrected chi connectivity index (χ4v) is 2.14. The SMILES string of the molecule is [CH]/C(C)=C/Cc1c(C)c(OC(C)(C)C)c(C)c(C)c1O. The van der Waals surface area contributed by atoms with Crippen molar-refractivity contribution in [1.82, 2.24) is 0 Å². The minimum Gasteiger partial charge on any atom is -0.507 e. The zero-order chi connectivity index (χ0) is 15.7. The maximum atomic E-state index is 10.4. The molecule has 1 aromatic rings. The summed E-state index contributed by atoms with van der Waals surface area (Å²) in [6.07, 6.45) is 2.53. The van der Waals surface area contributed by atoms with Crippen molar-refractivity contribution in [3.8, 4) is 11.5 Å². The molecule has 0 aliphatic heterocycles. The fraction of sp³-hybridized carbons (Fsp3) is 0.500. The molecule has 0 spiro atoms. The molecule has 2 radical (unpaired) electrons. The molecule has 0 atom stereocenters. The predicted octanol–water partition coefficient (Wildman–Crippen LogP) is 4.69. The standard InChI is InChI=1S/C18H26O2/c1-11(2)9-10-15-14(5)17(20-18(6,7)8)13(4)12(3)16(15)19/h1,9,19H,10H2,2-8H3/b11-9-. The van der Waals surface area contributed by atoms with E-state index in [4.69, 9.17) is 11.7 Å². The molecule has 0 saturated carbocycles. The average molecular weight is 274 g/mol. The van der Waals surface area contributed by atoms with Gasteiger partial charge in [-0.2, -0.15) is 0 Å². The van der Waals surface area contributed by atoms with Gasteiger partial charge in [0, 0.05) is 5.56 Å². The van der Waals surface area contributed by atoms with Crippen LogP contribution < -0.4 is 4.74 Å². The number of hydrogen-bond acceptors (Lipinski definition) is 2. The fourth-order valence-electron chi connectivity index (χ4n) is 2.14. The van der Waals surface area contributed by atoms with Gasteiger partial charge < -0.3 is 9.84 Å². The van der Waals surface area contributed by atoms with E-state index in [2.05, 4.69) is 0 Å². The van der Waals surface area contributed by atoms with Gasteiger partial charge >= 0.3 is 0 Å². The third kappa shape index (κ3) is 3.78. The Balaban J connectivity index is 3.42. The van der Waals surface area contributed by atoms with Gasteiger partial charge in [-0.3, -0.25) is 0 Å². The van der Waals surface area contributed by atoms with Gasteiger partial charge in [-0.15, -0.1) is 0 Å². The summed E-state index contributed by atoms with van der Waals surface area (Å²) < 4.78 is 6.08. The molecule has 0 aliphatic carbocycles. The summed E-state index contributed by atoms with van der Waals surface area (Å²) in [6, 6.07) is 0. The predicted molar refractivity (Wildman–Crippen MR) is 84.5 cm³/mol. The van der Waals surface area contributed by atoms with Crippen LogP contribution in [0.25, 0.3) is 0 Å². The van der Waals surface area contributed by atoms with Crippen molar-refractivity contribution >= 4 is 0 Å². The highest BCUT2D eigenvalue weighted by Crippen LogP contribution is 2.38. The van der Waals surface area contributed by atoms with E-state index in [1.807, 2.05) is 54.5 Å². The Hall–Kier alpha value is -1.44. The van der Waals surface area contributed by atoms with Crippen molar-refractivity contribution in [1.29, 1.82) is 0 Å². The maximum Gasteiger partial charge on any atom is 0.126 e. The number of hydrogen-bond donors (Lipinski definition) is 1. The molecule has 0 fully saturated rings. The van der Waals surface area contributed by atoms with Gasteiger partial charge in [-0.05, 0) is 78.5 Å². The normalized spacial score (nSPS) is 12.7. The molecule has 0 heterocycles. The summed E-state index contributed by atoms with van der Waals surface area (Å²) >= 11 is 0. The first-order valence-corrected chi connectivity index (χ1v) is 6.97. The van der Waals surface area contributed by atoms with Crippen LogP contribution in [-0.2, 0) is 6.42 Å².